The lowest BCUT2D eigenvalue weighted by Crippen LogP contribution is -2.15. The zero-order chi connectivity index (χ0) is 20.0. The van der Waals surface area contributed by atoms with Crippen molar-refractivity contribution in [1.82, 2.24) is 9.97 Å². The zero-order valence-corrected chi connectivity index (χ0v) is 15.8. The van der Waals surface area contributed by atoms with Crippen LogP contribution in [0, 0.1) is 0 Å². The minimum Gasteiger partial charge on any atom is -0.462 e. The number of ether oxygens (including phenoxy) is 1. The number of nitrogen functional groups attached to an aromatic ring is 1. The lowest BCUT2D eigenvalue weighted by molar-refractivity contribution is -0.113. The van der Waals surface area contributed by atoms with Crippen molar-refractivity contribution >= 4 is 45.2 Å². The maximum Gasteiger partial charge on any atom is 0.343 e. The van der Waals surface area contributed by atoms with Gasteiger partial charge in [0.05, 0.1) is 17.3 Å². The number of hydrogen-bond donors (Lipinski definition) is 3. The second-order valence-electron chi connectivity index (χ2n) is 5.08. The lowest BCUT2D eigenvalue weighted by atomic mass is 10.3. The number of sulfonamides is 1. The number of amides is 1. The number of rotatable bonds is 7. The second-order valence-corrected chi connectivity index (χ2v) is 7.58. The number of anilines is 2. The first-order chi connectivity index (χ1) is 12.7. The Morgan fingerprint density at radius 3 is 2.48 bits per heavy atom. The van der Waals surface area contributed by atoms with E-state index in [2.05, 4.69) is 15.3 Å². The van der Waals surface area contributed by atoms with Gasteiger partial charge >= 0.3 is 5.97 Å². The number of aromatic nitrogens is 2. The maximum atomic E-state index is 12.0. The number of nitrogens with one attached hydrogen (secondary N) is 1. The second kappa shape index (κ2) is 8.79. The fraction of sp³-hybridized carbons (Fsp3) is 0.200. The Morgan fingerprint density at radius 2 is 1.93 bits per heavy atom. The molecule has 0 radical (unpaired) electrons. The van der Waals surface area contributed by atoms with Crippen molar-refractivity contribution < 1.29 is 22.7 Å². The van der Waals surface area contributed by atoms with E-state index in [0.717, 1.165) is 11.8 Å². The molecule has 2 aromatic rings. The summed E-state index contributed by atoms with van der Waals surface area (Å²) in [6.45, 7) is 1.87. The van der Waals surface area contributed by atoms with Crippen LogP contribution in [0.25, 0.3) is 0 Å². The molecule has 1 amide bonds. The molecule has 2 rings (SSSR count). The van der Waals surface area contributed by atoms with Crippen molar-refractivity contribution in [3.05, 3.63) is 36.0 Å². The Bertz CT molecular complexity index is 948. The van der Waals surface area contributed by atoms with Gasteiger partial charge in [-0.2, -0.15) is 0 Å². The van der Waals surface area contributed by atoms with Gasteiger partial charge in [0, 0.05) is 11.9 Å². The fourth-order valence-electron chi connectivity index (χ4n) is 1.87. The van der Waals surface area contributed by atoms with Crippen LogP contribution in [-0.4, -0.2) is 42.6 Å². The largest absolute Gasteiger partial charge is 0.462 e. The number of benzene rings is 1. The first-order valence-electron chi connectivity index (χ1n) is 7.56. The van der Waals surface area contributed by atoms with E-state index in [9.17, 15) is 18.0 Å². The molecule has 0 unspecified atom stereocenters. The third-order valence-electron chi connectivity index (χ3n) is 3.09. The number of hydrogen-bond acceptors (Lipinski definition) is 9. The number of carbonyl (C=O) groups is 2. The van der Waals surface area contributed by atoms with Crippen LogP contribution in [0.5, 0.6) is 0 Å². The number of primary sulfonamides is 1. The highest BCUT2D eigenvalue weighted by Crippen LogP contribution is 2.18. The SMILES string of the molecule is CCOC(=O)c1cnc(SCC(=O)Nc2ccc(S(N)(=O)=O)cc2)nc1N. The van der Waals surface area contributed by atoms with Crippen molar-refractivity contribution in [1.29, 1.82) is 0 Å². The normalized spacial score (nSPS) is 11.0. The average molecular weight is 411 g/mol. The van der Waals surface area contributed by atoms with Crippen molar-refractivity contribution in [3.8, 4) is 0 Å². The first-order valence-corrected chi connectivity index (χ1v) is 10.1. The molecular weight excluding hydrogens is 394 g/mol. The molecule has 1 heterocycles. The summed E-state index contributed by atoms with van der Waals surface area (Å²) in [4.78, 5) is 31.5. The molecule has 0 aliphatic heterocycles. The molecule has 0 saturated carbocycles. The lowest BCUT2D eigenvalue weighted by Gasteiger charge is -2.07. The van der Waals surface area contributed by atoms with Crippen LogP contribution in [-0.2, 0) is 19.6 Å². The van der Waals surface area contributed by atoms with Gasteiger partial charge in [0.15, 0.2) is 5.16 Å². The van der Waals surface area contributed by atoms with Gasteiger partial charge in [-0.25, -0.2) is 28.3 Å². The van der Waals surface area contributed by atoms with Gasteiger partial charge in [-0.05, 0) is 31.2 Å². The molecule has 5 N–H and O–H groups in total. The van der Waals surface area contributed by atoms with Crippen LogP contribution in [0.4, 0.5) is 11.5 Å². The highest BCUT2D eigenvalue weighted by molar-refractivity contribution is 7.99. The smallest absolute Gasteiger partial charge is 0.343 e. The molecule has 1 aromatic carbocycles. The molecule has 27 heavy (non-hydrogen) atoms. The molecular formula is C15H17N5O5S2. The van der Waals surface area contributed by atoms with Crippen LogP contribution < -0.4 is 16.2 Å². The zero-order valence-electron chi connectivity index (χ0n) is 14.2. The first kappa shape index (κ1) is 20.6. The van der Waals surface area contributed by atoms with Crippen LogP contribution in [0.2, 0.25) is 0 Å². The van der Waals surface area contributed by atoms with Gasteiger partial charge in [0.25, 0.3) is 0 Å². The van der Waals surface area contributed by atoms with Crippen molar-refractivity contribution in [2.75, 3.05) is 23.4 Å². The maximum absolute atomic E-state index is 12.0. The summed E-state index contributed by atoms with van der Waals surface area (Å²) in [5.74, 6) is -1.04. The van der Waals surface area contributed by atoms with E-state index in [1.54, 1.807) is 6.92 Å². The number of esters is 1. The monoisotopic (exact) mass is 411 g/mol. The minimum absolute atomic E-state index is 0.0187. The van der Waals surface area contributed by atoms with E-state index >= 15 is 0 Å². The Labute approximate surface area is 159 Å². The van der Waals surface area contributed by atoms with Gasteiger partial charge in [0.1, 0.15) is 11.4 Å². The predicted octanol–water partition coefficient (Wildman–Crippen LogP) is 0.614. The fourth-order valence-corrected chi connectivity index (χ4v) is 3.01. The molecule has 144 valence electrons. The van der Waals surface area contributed by atoms with Crippen molar-refractivity contribution in [2.45, 2.75) is 17.0 Å². The Morgan fingerprint density at radius 1 is 1.26 bits per heavy atom. The van der Waals surface area contributed by atoms with Crippen molar-refractivity contribution in [3.63, 3.8) is 0 Å². The van der Waals surface area contributed by atoms with Crippen LogP contribution in [0.1, 0.15) is 17.3 Å². The summed E-state index contributed by atoms with van der Waals surface area (Å²) in [7, 11) is -3.79. The summed E-state index contributed by atoms with van der Waals surface area (Å²) in [5, 5.41) is 7.82. The molecule has 0 bridgehead atoms. The van der Waals surface area contributed by atoms with Crippen molar-refractivity contribution in [2.24, 2.45) is 5.14 Å². The third-order valence-corrected chi connectivity index (χ3v) is 4.88. The molecule has 0 atom stereocenters. The Hall–Kier alpha value is -2.70. The van der Waals surface area contributed by atoms with Crippen LogP contribution in [0.3, 0.4) is 0 Å². The van der Waals surface area contributed by atoms with Crippen LogP contribution in [0.15, 0.2) is 40.5 Å². The summed E-state index contributed by atoms with van der Waals surface area (Å²) in [6, 6.07) is 5.42. The van der Waals surface area contributed by atoms with Crippen LogP contribution >= 0.6 is 11.8 Å². The van der Waals surface area contributed by atoms with Gasteiger partial charge < -0.3 is 15.8 Å². The van der Waals surface area contributed by atoms with Gasteiger partial charge in [-0.15, -0.1) is 0 Å². The number of carbonyl (C=O) groups excluding carboxylic acids is 2. The topological polar surface area (TPSA) is 167 Å². The quantitative estimate of drug-likeness (QED) is 0.336. The molecule has 0 saturated heterocycles. The molecule has 1 aromatic heterocycles. The summed E-state index contributed by atoms with van der Waals surface area (Å²) in [5.41, 5.74) is 6.17. The van der Waals surface area contributed by atoms with E-state index in [1.165, 1.54) is 30.5 Å². The standard InChI is InChI=1S/C15H17N5O5S2/c1-2-25-14(22)11-7-18-15(20-13(11)16)26-8-12(21)19-9-3-5-10(6-4-9)27(17,23)24/h3-7H,2,8H2,1H3,(H,19,21)(H2,16,18,20)(H2,17,23,24). The number of thioether (sulfide) groups is 1. The molecule has 12 heteroatoms. The van der Waals surface area contributed by atoms with E-state index in [4.69, 9.17) is 15.6 Å². The summed E-state index contributed by atoms with van der Waals surface area (Å²) < 4.78 is 27.2. The van der Waals surface area contributed by atoms with E-state index in [1.807, 2.05) is 0 Å². The molecule has 10 nitrogen and oxygen atoms in total. The molecule has 0 fully saturated rings. The molecule has 0 aliphatic carbocycles. The Kier molecular flexibility index (Phi) is 6.71. The summed E-state index contributed by atoms with van der Waals surface area (Å²) in [6.07, 6.45) is 1.24. The highest BCUT2D eigenvalue weighted by Gasteiger charge is 2.14. The highest BCUT2D eigenvalue weighted by atomic mass is 32.2. The number of nitrogens with zero attached hydrogens (tertiary/aromatic N) is 2. The van der Waals surface area contributed by atoms with E-state index < -0.39 is 16.0 Å². The summed E-state index contributed by atoms with van der Waals surface area (Å²) >= 11 is 1.02. The molecule has 0 spiro atoms. The van der Waals surface area contributed by atoms with E-state index in [-0.39, 0.29) is 39.7 Å². The predicted molar refractivity (Wildman–Crippen MR) is 99.6 cm³/mol. The Balaban J connectivity index is 1.93. The average Bonchev–Trinajstić information content (AvgIpc) is 2.60. The third kappa shape index (κ3) is 5.91. The van der Waals surface area contributed by atoms with Gasteiger partial charge in [-0.1, -0.05) is 11.8 Å². The van der Waals surface area contributed by atoms with Gasteiger partial charge in [-0.3, -0.25) is 4.79 Å². The molecule has 0 aliphatic rings. The van der Waals surface area contributed by atoms with E-state index in [0.29, 0.717) is 5.69 Å². The van der Waals surface area contributed by atoms with Gasteiger partial charge in [0.2, 0.25) is 15.9 Å². The number of nitrogens with two attached hydrogens (primary N) is 2. The minimum atomic E-state index is -3.79.